The second kappa shape index (κ2) is 4.82. The SMILES string of the molecule is CC(C)(C)OC(=O)NC1CCCC(O)C1=O. The van der Waals surface area contributed by atoms with Gasteiger partial charge in [-0.2, -0.15) is 0 Å². The molecule has 0 aromatic rings. The monoisotopic (exact) mass is 229 g/mol. The van der Waals surface area contributed by atoms with Gasteiger partial charge in [0.15, 0.2) is 5.78 Å². The third-order valence-electron chi connectivity index (χ3n) is 2.33. The molecule has 2 atom stereocenters. The van der Waals surface area contributed by atoms with Crippen LogP contribution in [0.4, 0.5) is 4.79 Å². The van der Waals surface area contributed by atoms with Crippen LogP contribution in [0.2, 0.25) is 0 Å². The summed E-state index contributed by atoms with van der Waals surface area (Å²) in [6.07, 6.45) is 0.210. The molecule has 16 heavy (non-hydrogen) atoms. The van der Waals surface area contributed by atoms with Crippen LogP contribution in [0.25, 0.3) is 0 Å². The van der Waals surface area contributed by atoms with E-state index in [9.17, 15) is 14.7 Å². The number of Topliss-reactive ketones (excluding diaryl/α,β-unsaturated/α-hetero) is 1. The molecule has 0 bridgehead atoms. The third kappa shape index (κ3) is 3.81. The molecular weight excluding hydrogens is 210 g/mol. The van der Waals surface area contributed by atoms with Gasteiger partial charge in [0, 0.05) is 0 Å². The summed E-state index contributed by atoms with van der Waals surface area (Å²) in [7, 11) is 0. The maximum atomic E-state index is 11.5. The first-order chi connectivity index (χ1) is 7.29. The molecule has 1 aliphatic rings. The topological polar surface area (TPSA) is 75.6 Å². The van der Waals surface area contributed by atoms with Crippen molar-refractivity contribution in [2.75, 3.05) is 0 Å². The maximum absolute atomic E-state index is 11.5. The number of hydrogen-bond acceptors (Lipinski definition) is 4. The molecule has 1 amide bonds. The molecule has 5 heteroatoms. The van der Waals surface area contributed by atoms with Crippen molar-refractivity contribution in [3.05, 3.63) is 0 Å². The first kappa shape index (κ1) is 13.0. The highest BCUT2D eigenvalue weighted by molar-refractivity contribution is 5.91. The molecule has 0 saturated heterocycles. The summed E-state index contributed by atoms with van der Waals surface area (Å²) in [6.45, 7) is 5.26. The van der Waals surface area contributed by atoms with Crippen molar-refractivity contribution in [1.82, 2.24) is 5.32 Å². The van der Waals surface area contributed by atoms with Crippen LogP contribution >= 0.6 is 0 Å². The van der Waals surface area contributed by atoms with Crippen LogP contribution in [0.15, 0.2) is 0 Å². The molecule has 0 heterocycles. The van der Waals surface area contributed by atoms with Crippen LogP contribution in [-0.2, 0) is 9.53 Å². The first-order valence-corrected chi connectivity index (χ1v) is 5.51. The summed E-state index contributed by atoms with van der Waals surface area (Å²) in [5, 5.41) is 11.8. The number of nitrogens with one attached hydrogen (secondary N) is 1. The average Bonchev–Trinajstić information content (AvgIpc) is 2.09. The highest BCUT2D eigenvalue weighted by Gasteiger charge is 2.31. The second-order valence-corrected chi connectivity index (χ2v) is 5.05. The van der Waals surface area contributed by atoms with Gasteiger partial charge >= 0.3 is 6.09 Å². The van der Waals surface area contributed by atoms with E-state index in [0.717, 1.165) is 6.42 Å². The molecule has 0 radical (unpaired) electrons. The van der Waals surface area contributed by atoms with Crippen molar-refractivity contribution >= 4 is 11.9 Å². The molecule has 0 aromatic heterocycles. The summed E-state index contributed by atoms with van der Waals surface area (Å²) in [5.74, 6) is -0.322. The fraction of sp³-hybridized carbons (Fsp3) is 0.818. The van der Waals surface area contributed by atoms with Crippen molar-refractivity contribution in [3.8, 4) is 0 Å². The standard InChI is InChI=1S/C11H19NO4/c1-11(2,3)16-10(15)12-7-5-4-6-8(13)9(7)14/h7-8,13H,4-6H2,1-3H3,(H,12,15). The van der Waals surface area contributed by atoms with Crippen LogP contribution in [0.3, 0.4) is 0 Å². The predicted molar refractivity (Wildman–Crippen MR) is 58.0 cm³/mol. The number of ether oxygens (including phenoxy) is 1. The van der Waals surface area contributed by atoms with Gasteiger partial charge in [-0.15, -0.1) is 0 Å². The highest BCUT2D eigenvalue weighted by atomic mass is 16.6. The summed E-state index contributed by atoms with van der Waals surface area (Å²) >= 11 is 0. The molecule has 2 N–H and O–H groups in total. The highest BCUT2D eigenvalue weighted by Crippen LogP contribution is 2.16. The summed E-state index contributed by atoms with van der Waals surface area (Å²) < 4.78 is 5.04. The van der Waals surface area contributed by atoms with E-state index in [2.05, 4.69) is 5.32 Å². The molecule has 92 valence electrons. The van der Waals surface area contributed by atoms with Gasteiger partial charge in [-0.1, -0.05) is 0 Å². The number of amides is 1. The third-order valence-corrected chi connectivity index (χ3v) is 2.33. The second-order valence-electron chi connectivity index (χ2n) is 5.05. The van der Waals surface area contributed by atoms with E-state index in [-0.39, 0.29) is 5.78 Å². The van der Waals surface area contributed by atoms with Crippen molar-refractivity contribution in [3.63, 3.8) is 0 Å². The Morgan fingerprint density at radius 1 is 1.44 bits per heavy atom. The van der Waals surface area contributed by atoms with Gasteiger partial charge in [-0.25, -0.2) is 4.79 Å². The largest absolute Gasteiger partial charge is 0.444 e. The number of aliphatic hydroxyl groups is 1. The van der Waals surface area contributed by atoms with E-state index < -0.39 is 23.8 Å². The molecule has 0 aromatic carbocycles. The van der Waals surface area contributed by atoms with Gasteiger partial charge in [0.2, 0.25) is 0 Å². The van der Waals surface area contributed by atoms with Crippen LogP contribution < -0.4 is 5.32 Å². The minimum absolute atomic E-state index is 0.322. The molecule has 0 spiro atoms. The first-order valence-electron chi connectivity index (χ1n) is 5.51. The number of hydrogen-bond donors (Lipinski definition) is 2. The molecule has 5 nitrogen and oxygen atoms in total. The molecule has 2 unspecified atom stereocenters. The number of rotatable bonds is 1. The fourth-order valence-electron chi connectivity index (χ4n) is 1.63. The van der Waals surface area contributed by atoms with Crippen molar-refractivity contribution < 1.29 is 19.4 Å². The van der Waals surface area contributed by atoms with Gasteiger partial charge < -0.3 is 15.2 Å². The lowest BCUT2D eigenvalue weighted by molar-refractivity contribution is -0.131. The number of alkyl carbamates (subject to hydrolysis) is 1. The minimum Gasteiger partial charge on any atom is -0.444 e. The Morgan fingerprint density at radius 2 is 2.06 bits per heavy atom. The molecule has 1 aliphatic carbocycles. The average molecular weight is 229 g/mol. The molecule has 1 saturated carbocycles. The zero-order valence-corrected chi connectivity index (χ0v) is 9.95. The van der Waals surface area contributed by atoms with Crippen LogP contribution in [0, 0.1) is 0 Å². The van der Waals surface area contributed by atoms with Crippen LogP contribution in [0.1, 0.15) is 40.0 Å². The van der Waals surface area contributed by atoms with E-state index in [0.29, 0.717) is 12.8 Å². The van der Waals surface area contributed by atoms with Crippen molar-refractivity contribution in [1.29, 1.82) is 0 Å². The summed E-state index contributed by atoms with van der Waals surface area (Å²) in [4.78, 5) is 22.9. The minimum atomic E-state index is -0.950. The number of aliphatic hydroxyl groups excluding tert-OH is 1. The van der Waals surface area contributed by atoms with Gasteiger partial charge in [0.1, 0.15) is 11.7 Å². The molecule has 1 rings (SSSR count). The van der Waals surface area contributed by atoms with Gasteiger partial charge in [0.05, 0.1) is 6.04 Å². The summed E-state index contributed by atoms with van der Waals surface area (Å²) in [6, 6.07) is -0.612. The predicted octanol–water partition coefficient (Wildman–Crippen LogP) is 0.994. The van der Waals surface area contributed by atoms with Crippen molar-refractivity contribution in [2.45, 2.75) is 57.8 Å². The lowest BCUT2D eigenvalue weighted by atomic mass is 9.92. The number of carbonyl (C=O) groups excluding carboxylic acids is 2. The van der Waals surface area contributed by atoms with E-state index in [1.807, 2.05) is 0 Å². The lowest BCUT2D eigenvalue weighted by Crippen LogP contribution is -2.49. The zero-order chi connectivity index (χ0) is 12.3. The Morgan fingerprint density at radius 3 is 2.62 bits per heavy atom. The molecule has 0 aliphatic heterocycles. The van der Waals surface area contributed by atoms with Gasteiger partial charge in [-0.3, -0.25) is 4.79 Å². The molecule has 1 fully saturated rings. The fourth-order valence-corrected chi connectivity index (χ4v) is 1.63. The van der Waals surface area contributed by atoms with Crippen LogP contribution in [0.5, 0.6) is 0 Å². The smallest absolute Gasteiger partial charge is 0.408 e. The van der Waals surface area contributed by atoms with Gasteiger partial charge in [0.25, 0.3) is 0 Å². The Bertz CT molecular complexity index is 282. The Kier molecular flexibility index (Phi) is 3.91. The van der Waals surface area contributed by atoms with E-state index in [4.69, 9.17) is 4.74 Å². The molecular formula is C11H19NO4. The van der Waals surface area contributed by atoms with E-state index in [1.165, 1.54) is 0 Å². The van der Waals surface area contributed by atoms with E-state index in [1.54, 1.807) is 20.8 Å². The number of carbonyl (C=O) groups is 2. The Hall–Kier alpha value is -1.10. The maximum Gasteiger partial charge on any atom is 0.408 e. The number of ketones is 1. The van der Waals surface area contributed by atoms with Gasteiger partial charge in [-0.05, 0) is 40.0 Å². The van der Waals surface area contributed by atoms with Crippen molar-refractivity contribution in [2.24, 2.45) is 0 Å². The Labute approximate surface area is 95.2 Å². The lowest BCUT2D eigenvalue weighted by Gasteiger charge is -2.27. The van der Waals surface area contributed by atoms with Crippen LogP contribution in [-0.4, -0.2) is 34.7 Å². The normalized spacial score (nSPS) is 26.4. The Balaban J connectivity index is 2.47. The summed E-state index contributed by atoms with van der Waals surface area (Å²) in [5.41, 5.74) is -0.583. The quantitative estimate of drug-likeness (QED) is 0.703. The zero-order valence-electron chi connectivity index (χ0n) is 9.95. The van der Waals surface area contributed by atoms with E-state index >= 15 is 0 Å².